The summed E-state index contributed by atoms with van der Waals surface area (Å²) in [6.45, 7) is 5.88. The van der Waals surface area contributed by atoms with Gasteiger partial charge in [-0.2, -0.15) is 0 Å². The molecular formula is C17H20ClNOS. The third-order valence-electron chi connectivity index (χ3n) is 3.87. The number of thiophene rings is 1. The van der Waals surface area contributed by atoms with Gasteiger partial charge in [0.15, 0.2) is 0 Å². The van der Waals surface area contributed by atoms with Gasteiger partial charge in [0.05, 0.1) is 17.7 Å². The number of ether oxygens (including phenoxy) is 1. The SMILES string of the molecule is CCNC(c1cccc2c1OCCC2)c1scc(C)c1Cl. The molecule has 0 bridgehead atoms. The molecule has 0 aliphatic carbocycles. The number of fused-ring (bicyclic) bond motifs is 1. The van der Waals surface area contributed by atoms with Crippen LogP contribution in [0.1, 0.15) is 41.0 Å². The van der Waals surface area contributed by atoms with E-state index in [1.54, 1.807) is 11.3 Å². The largest absolute Gasteiger partial charge is 0.493 e. The van der Waals surface area contributed by atoms with E-state index in [-0.39, 0.29) is 6.04 Å². The molecule has 21 heavy (non-hydrogen) atoms. The summed E-state index contributed by atoms with van der Waals surface area (Å²) in [7, 11) is 0. The lowest BCUT2D eigenvalue weighted by molar-refractivity contribution is 0.283. The second kappa shape index (κ2) is 6.39. The fraction of sp³-hybridized carbons (Fsp3) is 0.412. The second-order valence-corrected chi connectivity index (χ2v) is 6.66. The fourth-order valence-corrected chi connectivity index (χ4v) is 4.23. The Kier molecular flexibility index (Phi) is 4.53. The number of halogens is 1. The minimum atomic E-state index is 0.106. The van der Waals surface area contributed by atoms with Crippen LogP contribution in [0.3, 0.4) is 0 Å². The van der Waals surface area contributed by atoms with E-state index >= 15 is 0 Å². The smallest absolute Gasteiger partial charge is 0.127 e. The third-order valence-corrected chi connectivity index (χ3v) is 5.65. The van der Waals surface area contributed by atoms with Crippen molar-refractivity contribution in [2.75, 3.05) is 13.2 Å². The van der Waals surface area contributed by atoms with Crippen molar-refractivity contribution in [2.45, 2.75) is 32.7 Å². The van der Waals surface area contributed by atoms with Crippen molar-refractivity contribution < 1.29 is 4.74 Å². The average Bonchev–Trinajstić information content (AvgIpc) is 2.84. The van der Waals surface area contributed by atoms with E-state index in [9.17, 15) is 0 Å². The minimum absolute atomic E-state index is 0.106. The Morgan fingerprint density at radius 3 is 3.00 bits per heavy atom. The molecule has 1 aliphatic rings. The van der Waals surface area contributed by atoms with Crippen molar-refractivity contribution in [1.29, 1.82) is 0 Å². The number of hydrogen-bond donors (Lipinski definition) is 1. The Balaban J connectivity index is 2.08. The summed E-state index contributed by atoms with van der Waals surface area (Å²) in [5, 5.41) is 6.56. The van der Waals surface area contributed by atoms with Gasteiger partial charge in [-0.25, -0.2) is 0 Å². The Hall–Kier alpha value is -1.03. The van der Waals surface area contributed by atoms with Gasteiger partial charge in [0, 0.05) is 10.4 Å². The van der Waals surface area contributed by atoms with Crippen LogP contribution in [0.25, 0.3) is 0 Å². The number of rotatable bonds is 4. The van der Waals surface area contributed by atoms with Gasteiger partial charge in [-0.15, -0.1) is 11.3 Å². The predicted octanol–water partition coefficient (Wildman–Crippen LogP) is 4.73. The molecule has 0 saturated carbocycles. The highest BCUT2D eigenvalue weighted by atomic mass is 35.5. The fourth-order valence-electron chi connectivity index (χ4n) is 2.83. The molecule has 1 aliphatic heterocycles. The van der Waals surface area contributed by atoms with Gasteiger partial charge in [-0.1, -0.05) is 36.7 Å². The van der Waals surface area contributed by atoms with Crippen molar-refractivity contribution in [1.82, 2.24) is 5.32 Å². The first-order valence-electron chi connectivity index (χ1n) is 7.43. The van der Waals surface area contributed by atoms with Crippen LogP contribution in [-0.4, -0.2) is 13.2 Å². The summed E-state index contributed by atoms with van der Waals surface area (Å²) < 4.78 is 5.97. The first kappa shape index (κ1) is 14.9. The molecule has 1 unspecified atom stereocenters. The van der Waals surface area contributed by atoms with Gasteiger partial charge in [-0.05, 0) is 42.8 Å². The van der Waals surface area contributed by atoms with Crippen LogP contribution in [0.15, 0.2) is 23.6 Å². The van der Waals surface area contributed by atoms with E-state index in [1.807, 2.05) is 0 Å². The highest BCUT2D eigenvalue weighted by molar-refractivity contribution is 7.10. The van der Waals surface area contributed by atoms with Crippen molar-refractivity contribution in [3.8, 4) is 5.75 Å². The maximum absolute atomic E-state index is 6.50. The Morgan fingerprint density at radius 2 is 2.29 bits per heavy atom. The molecule has 1 aromatic heterocycles. The van der Waals surface area contributed by atoms with Crippen molar-refractivity contribution in [2.24, 2.45) is 0 Å². The number of nitrogens with one attached hydrogen (secondary N) is 1. The topological polar surface area (TPSA) is 21.3 Å². The van der Waals surface area contributed by atoms with Crippen LogP contribution in [-0.2, 0) is 6.42 Å². The van der Waals surface area contributed by atoms with E-state index in [0.717, 1.165) is 42.3 Å². The van der Waals surface area contributed by atoms with Gasteiger partial charge < -0.3 is 10.1 Å². The van der Waals surface area contributed by atoms with Crippen molar-refractivity contribution in [3.63, 3.8) is 0 Å². The zero-order valence-electron chi connectivity index (χ0n) is 12.4. The molecule has 2 heterocycles. The van der Waals surface area contributed by atoms with Crippen LogP contribution < -0.4 is 10.1 Å². The molecule has 0 fully saturated rings. The summed E-state index contributed by atoms with van der Waals surface area (Å²) >= 11 is 8.22. The number of hydrogen-bond acceptors (Lipinski definition) is 3. The van der Waals surface area contributed by atoms with E-state index in [4.69, 9.17) is 16.3 Å². The van der Waals surface area contributed by atoms with Crippen molar-refractivity contribution in [3.05, 3.63) is 50.2 Å². The summed E-state index contributed by atoms with van der Waals surface area (Å²) in [5.41, 5.74) is 3.66. The lowest BCUT2D eigenvalue weighted by Gasteiger charge is -2.25. The van der Waals surface area contributed by atoms with Gasteiger partial charge >= 0.3 is 0 Å². The summed E-state index contributed by atoms with van der Waals surface area (Å²) in [4.78, 5) is 1.18. The second-order valence-electron chi connectivity index (χ2n) is 5.38. The molecule has 112 valence electrons. The Labute approximate surface area is 135 Å². The van der Waals surface area contributed by atoms with Gasteiger partial charge in [-0.3, -0.25) is 0 Å². The maximum atomic E-state index is 6.50. The van der Waals surface area contributed by atoms with Crippen LogP contribution in [0, 0.1) is 6.92 Å². The lowest BCUT2D eigenvalue weighted by Crippen LogP contribution is -2.23. The molecule has 0 saturated heterocycles. The van der Waals surface area contributed by atoms with E-state index in [0.29, 0.717) is 0 Å². The molecule has 2 nitrogen and oxygen atoms in total. The minimum Gasteiger partial charge on any atom is -0.493 e. The molecule has 2 aromatic rings. The maximum Gasteiger partial charge on any atom is 0.127 e. The summed E-state index contributed by atoms with van der Waals surface area (Å²) in [6, 6.07) is 6.56. The summed E-state index contributed by atoms with van der Waals surface area (Å²) in [5.74, 6) is 1.05. The molecule has 0 spiro atoms. The molecule has 1 atom stereocenters. The predicted molar refractivity (Wildman–Crippen MR) is 89.8 cm³/mol. The van der Waals surface area contributed by atoms with Crippen LogP contribution in [0.2, 0.25) is 5.02 Å². The molecule has 3 rings (SSSR count). The van der Waals surface area contributed by atoms with Gasteiger partial charge in [0.2, 0.25) is 0 Å². The first-order chi connectivity index (χ1) is 10.2. The van der Waals surface area contributed by atoms with E-state index in [1.165, 1.54) is 16.0 Å². The average molecular weight is 322 g/mol. The van der Waals surface area contributed by atoms with Crippen LogP contribution in [0.4, 0.5) is 0 Å². The number of para-hydroxylation sites is 1. The Morgan fingerprint density at radius 1 is 1.43 bits per heavy atom. The lowest BCUT2D eigenvalue weighted by atomic mass is 9.97. The standard InChI is InChI=1S/C17H20ClNOS/c1-3-19-15(17-14(18)11(2)10-21-17)13-8-4-6-12-7-5-9-20-16(12)13/h4,6,8,10,15,19H,3,5,7,9H2,1-2H3. The highest BCUT2D eigenvalue weighted by Gasteiger charge is 2.25. The zero-order chi connectivity index (χ0) is 14.8. The molecule has 1 aromatic carbocycles. The Bertz CT molecular complexity index is 638. The normalized spacial score (nSPS) is 15.4. The third kappa shape index (κ3) is 2.83. The quantitative estimate of drug-likeness (QED) is 0.878. The van der Waals surface area contributed by atoms with Crippen molar-refractivity contribution >= 4 is 22.9 Å². The zero-order valence-corrected chi connectivity index (χ0v) is 14.0. The van der Waals surface area contributed by atoms with Crippen LogP contribution >= 0.6 is 22.9 Å². The number of aryl methyl sites for hydroxylation is 2. The first-order valence-corrected chi connectivity index (χ1v) is 8.69. The monoisotopic (exact) mass is 321 g/mol. The molecule has 1 N–H and O–H groups in total. The van der Waals surface area contributed by atoms with Gasteiger partial charge in [0.1, 0.15) is 5.75 Å². The van der Waals surface area contributed by atoms with Gasteiger partial charge in [0.25, 0.3) is 0 Å². The molecular weight excluding hydrogens is 302 g/mol. The summed E-state index contributed by atoms with van der Waals surface area (Å²) in [6.07, 6.45) is 2.19. The van der Waals surface area contributed by atoms with E-state index in [2.05, 4.69) is 42.7 Å². The number of benzene rings is 1. The highest BCUT2D eigenvalue weighted by Crippen LogP contribution is 2.41. The molecule has 0 radical (unpaired) electrons. The molecule has 0 amide bonds. The molecule has 4 heteroatoms. The van der Waals surface area contributed by atoms with E-state index < -0.39 is 0 Å². The van der Waals surface area contributed by atoms with Crippen LogP contribution in [0.5, 0.6) is 5.75 Å².